The average Bonchev–Trinajstić information content (AvgIpc) is 2.27. The van der Waals surface area contributed by atoms with Gasteiger partial charge in [-0.2, -0.15) is 7.05 Å². The fraction of sp³-hybridized carbons (Fsp3) is 1.00. The van der Waals surface area contributed by atoms with E-state index >= 15 is 0 Å². The quantitative estimate of drug-likeness (QED) is 0.440. The van der Waals surface area contributed by atoms with Crippen molar-refractivity contribution >= 4 is 0 Å². The zero-order valence-corrected chi connectivity index (χ0v) is 12.4. The van der Waals surface area contributed by atoms with Gasteiger partial charge in [0.15, 0.2) is 0 Å². The van der Waals surface area contributed by atoms with E-state index in [2.05, 4.69) is 24.1 Å². The standard InChI is InChI=1S/C12H27N2O2.Li/c1-11(2)12(13-3)10-14(6-8-15-4)7-9-16-5;/h11-12H,6-10H2,1-5H3;/q-1;+1/t12-;/m1./s1. The van der Waals surface area contributed by atoms with Crippen LogP contribution >= 0.6 is 0 Å². The Morgan fingerprint density at radius 2 is 1.53 bits per heavy atom. The number of nitrogens with zero attached hydrogens (tertiary/aromatic N) is 2. The predicted molar refractivity (Wildman–Crippen MR) is 68.1 cm³/mol. The van der Waals surface area contributed by atoms with Crippen LogP contribution < -0.4 is 18.9 Å². The normalized spacial score (nSPS) is 12.9. The Bertz CT molecular complexity index is 151. The summed E-state index contributed by atoms with van der Waals surface area (Å²) in [4.78, 5) is 2.35. The molecule has 0 heterocycles. The maximum Gasteiger partial charge on any atom is 1.00 e. The molecule has 0 aliphatic carbocycles. The minimum atomic E-state index is 0. The molecular weight excluding hydrogens is 211 g/mol. The van der Waals surface area contributed by atoms with Gasteiger partial charge in [0, 0.05) is 27.3 Å². The third-order valence-corrected chi connectivity index (χ3v) is 2.77. The summed E-state index contributed by atoms with van der Waals surface area (Å²) < 4.78 is 10.2. The topological polar surface area (TPSA) is 35.8 Å². The smallest absolute Gasteiger partial charge is 0.661 e. The Kier molecular flexibility index (Phi) is 15.0. The molecule has 1 atom stereocenters. The fourth-order valence-electron chi connectivity index (χ4n) is 1.59. The molecule has 0 unspecified atom stereocenters. The second-order valence-corrected chi connectivity index (χ2v) is 4.36. The van der Waals surface area contributed by atoms with Gasteiger partial charge in [0.25, 0.3) is 0 Å². The van der Waals surface area contributed by atoms with Crippen LogP contribution in [0.3, 0.4) is 0 Å². The molecule has 17 heavy (non-hydrogen) atoms. The van der Waals surface area contributed by atoms with E-state index in [-0.39, 0.29) is 18.9 Å². The molecule has 98 valence electrons. The van der Waals surface area contributed by atoms with Gasteiger partial charge in [0.05, 0.1) is 13.2 Å². The van der Waals surface area contributed by atoms with Crippen LogP contribution in [0.25, 0.3) is 5.32 Å². The van der Waals surface area contributed by atoms with Crippen LogP contribution in [0.2, 0.25) is 0 Å². The van der Waals surface area contributed by atoms with E-state index in [9.17, 15) is 0 Å². The van der Waals surface area contributed by atoms with Crippen molar-refractivity contribution in [1.29, 1.82) is 0 Å². The van der Waals surface area contributed by atoms with Crippen molar-refractivity contribution in [3.05, 3.63) is 5.32 Å². The number of hydrogen-bond acceptors (Lipinski definition) is 3. The average molecular weight is 238 g/mol. The van der Waals surface area contributed by atoms with Crippen molar-refractivity contribution in [2.75, 3.05) is 54.1 Å². The second kappa shape index (κ2) is 12.9. The summed E-state index contributed by atoms with van der Waals surface area (Å²) in [5, 5.41) is 4.42. The molecule has 0 rings (SSSR count). The molecule has 0 saturated heterocycles. The Labute approximate surface area is 119 Å². The maximum absolute atomic E-state index is 5.11. The van der Waals surface area contributed by atoms with E-state index in [1.54, 1.807) is 14.2 Å². The molecule has 5 heteroatoms. The summed E-state index contributed by atoms with van der Waals surface area (Å²) in [6.07, 6.45) is 0. The van der Waals surface area contributed by atoms with Crippen LogP contribution in [0, 0.1) is 5.92 Å². The Balaban J connectivity index is 0. The largest absolute Gasteiger partial charge is 1.00 e. The van der Waals surface area contributed by atoms with Crippen molar-refractivity contribution in [3.8, 4) is 0 Å². The van der Waals surface area contributed by atoms with E-state index in [4.69, 9.17) is 9.47 Å². The van der Waals surface area contributed by atoms with Gasteiger partial charge in [-0.3, -0.25) is 0 Å². The summed E-state index contributed by atoms with van der Waals surface area (Å²) in [6.45, 7) is 8.82. The third kappa shape index (κ3) is 10.1. The van der Waals surface area contributed by atoms with Crippen LogP contribution in [0.15, 0.2) is 0 Å². The minimum Gasteiger partial charge on any atom is -0.661 e. The first-order chi connectivity index (χ1) is 7.65. The number of methoxy groups -OCH3 is 2. The molecule has 0 radical (unpaired) electrons. The molecule has 0 fully saturated rings. The zero-order valence-electron chi connectivity index (χ0n) is 12.4. The summed E-state index contributed by atoms with van der Waals surface area (Å²) in [5.41, 5.74) is 0. The first-order valence-electron chi connectivity index (χ1n) is 5.94. The van der Waals surface area contributed by atoms with E-state index in [0.29, 0.717) is 12.0 Å². The van der Waals surface area contributed by atoms with Gasteiger partial charge in [0.1, 0.15) is 0 Å². The molecule has 0 aromatic rings. The zero-order chi connectivity index (χ0) is 12.4. The molecule has 0 N–H and O–H groups in total. The van der Waals surface area contributed by atoms with Crippen LogP contribution in [-0.2, 0) is 9.47 Å². The predicted octanol–water partition coefficient (Wildman–Crippen LogP) is -1.39. The van der Waals surface area contributed by atoms with Gasteiger partial charge in [-0.1, -0.05) is 19.8 Å². The Morgan fingerprint density at radius 3 is 1.82 bits per heavy atom. The van der Waals surface area contributed by atoms with Crippen LogP contribution in [-0.4, -0.2) is 65.1 Å². The minimum absolute atomic E-state index is 0. The van der Waals surface area contributed by atoms with Crippen molar-refractivity contribution in [2.24, 2.45) is 5.92 Å². The van der Waals surface area contributed by atoms with Crippen molar-refractivity contribution in [1.82, 2.24) is 4.90 Å². The van der Waals surface area contributed by atoms with Gasteiger partial charge in [0.2, 0.25) is 0 Å². The van der Waals surface area contributed by atoms with Gasteiger partial charge in [-0.15, -0.1) is 6.04 Å². The van der Waals surface area contributed by atoms with Gasteiger partial charge in [-0.05, 0) is 6.54 Å². The SMILES string of the molecule is C[N-][C@H](CN(CCOC)CCOC)C(C)C.[Li+]. The van der Waals surface area contributed by atoms with Crippen LogP contribution in [0.4, 0.5) is 0 Å². The second-order valence-electron chi connectivity index (χ2n) is 4.36. The molecule has 4 nitrogen and oxygen atoms in total. The maximum atomic E-state index is 5.11. The van der Waals surface area contributed by atoms with Crippen molar-refractivity contribution in [2.45, 2.75) is 19.9 Å². The monoisotopic (exact) mass is 238 g/mol. The Morgan fingerprint density at radius 1 is 1.06 bits per heavy atom. The first-order valence-corrected chi connectivity index (χ1v) is 5.94. The molecule has 0 saturated carbocycles. The number of likely N-dealkylation sites (N-methyl/N-ethyl adjacent to an activating group) is 1. The molecule has 0 spiro atoms. The summed E-state index contributed by atoms with van der Waals surface area (Å²) in [6, 6.07) is 0.397. The molecule has 0 aliphatic heterocycles. The van der Waals surface area contributed by atoms with Crippen molar-refractivity contribution in [3.63, 3.8) is 0 Å². The van der Waals surface area contributed by atoms with E-state index < -0.39 is 0 Å². The van der Waals surface area contributed by atoms with Gasteiger partial charge >= 0.3 is 18.9 Å². The third-order valence-electron chi connectivity index (χ3n) is 2.77. The molecule has 0 aromatic carbocycles. The summed E-state index contributed by atoms with van der Waals surface area (Å²) in [7, 11) is 5.37. The van der Waals surface area contributed by atoms with Crippen LogP contribution in [0.1, 0.15) is 13.8 Å². The first kappa shape index (κ1) is 19.8. The molecule has 0 amide bonds. The van der Waals surface area contributed by atoms with E-state index in [0.717, 1.165) is 32.8 Å². The summed E-state index contributed by atoms with van der Waals surface area (Å²) in [5.74, 6) is 0.581. The number of hydrogen-bond donors (Lipinski definition) is 0. The summed E-state index contributed by atoms with van der Waals surface area (Å²) >= 11 is 0. The number of ether oxygens (including phenoxy) is 2. The van der Waals surface area contributed by atoms with E-state index in [1.807, 2.05) is 7.05 Å². The molecule has 0 bridgehead atoms. The molecular formula is C12H27LiN2O2. The van der Waals surface area contributed by atoms with E-state index in [1.165, 1.54) is 0 Å². The Hall–Kier alpha value is 0.437. The van der Waals surface area contributed by atoms with Crippen LogP contribution in [0.5, 0.6) is 0 Å². The van der Waals surface area contributed by atoms with Gasteiger partial charge < -0.3 is 19.7 Å². The fourth-order valence-corrected chi connectivity index (χ4v) is 1.59. The molecule has 0 aromatic heterocycles. The molecule has 0 aliphatic rings. The van der Waals surface area contributed by atoms with Crippen molar-refractivity contribution < 1.29 is 28.3 Å². The van der Waals surface area contributed by atoms with Gasteiger partial charge in [-0.25, -0.2) is 0 Å². The number of rotatable bonds is 10.